The standard InChI is InChI=1S/C11H14N4O2S/c12-7-9-3-1-5-14-11(9)18(16,17)15-6-2-4-10(13)8-15/h1,3,5,10H,2,4,6,8,13H2/t10-/m0/s1. The molecule has 0 spiro atoms. The number of nitriles is 1. The zero-order valence-electron chi connectivity index (χ0n) is 9.78. The van der Waals surface area contributed by atoms with E-state index in [4.69, 9.17) is 11.0 Å². The molecule has 0 amide bonds. The molecule has 2 rings (SSSR count). The Morgan fingerprint density at radius 1 is 1.56 bits per heavy atom. The molecule has 2 N–H and O–H groups in total. The molecule has 1 saturated heterocycles. The van der Waals surface area contributed by atoms with Gasteiger partial charge in [-0.15, -0.1) is 0 Å². The molecule has 1 fully saturated rings. The molecule has 1 aromatic heterocycles. The highest BCUT2D eigenvalue weighted by atomic mass is 32.2. The zero-order valence-corrected chi connectivity index (χ0v) is 10.6. The highest BCUT2D eigenvalue weighted by molar-refractivity contribution is 7.89. The largest absolute Gasteiger partial charge is 0.327 e. The van der Waals surface area contributed by atoms with Crippen molar-refractivity contribution in [2.75, 3.05) is 13.1 Å². The van der Waals surface area contributed by atoms with Gasteiger partial charge < -0.3 is 5.73 Å². The van der Waals surface area contributed by atoms with Crippen molar-refractivity contribution in [1.29, 1.82) is 5.26 Å². The maximum atomic E-state index is 12.4. The Labute approximate surface area is 106 Å². The van der Waals surface area contributed by atoms with Crippen LogP contribution in [0.5, 0.6) is 0 Å². The van der Waals surface area contributed by atoms with Gasteiger partial charge >= 0.3 is 0 Å². The van der Waals surface area contributed by atoms with Crippen LogP contribution in [-0.4, -0.2) is 36.8 Å². The van der Waals surface area contributed by atoms with Crippen molar-refractivity contribution >= 4 is 10.0 Å². The van der Waals surface area contributed by atoms with Crippen molar-refractivity contribution in [3.63, 3.8) is 0 Å². The molecule has 96 valence electrons. The summed E-state index contributed by atoms with van der Waals surface area (Å²) in [6.45, 7) is 0.710. The fourth-order valence-electron chi connectivity index (χ4n) is 2.00. The van der Waals surface area contributed by atoms with Crippen LogP contribution in [0.15, 0.2) is 23.4 Å². The molecule has 1 aliphatic heterocycles. The number of aromatic nitrogens is 1. The van der Waals surface area contributed by atoms with Crippen molar-refractivity contribution in [1.82, 2.24) is 9.29 Å². The third-order valence-electron chi connectivity index (χ3n) is 2.90. The molecule has 0 aliphatic carbocycles. The Morgan fingerprint density at radius 3 is 3.00 bits per heavy atom. The van der Waals surface area contributed by atoms with Crippen molar-refractivity contribution in [3.05, 3.63) is 23.9 Å². The summed E-state index contributed by atoms with van der Waals surface area (Å²) < 4.78 is 26.0. The summed E-state index contributed by atoms with van der Waals surface area (Å²) in [6, 6.07) is 4.69. The van der Waals surface area contributed by atoms with Gasteiger partial charge in [0, 0.05) is 25.3 Å². The zero-order chi connectivity index (χ0) is 13.2. The van der Waals surface area contributed by atoms with E-state index in [2.05, 4.69) is 4.98 Å². The summed E-state index contributed by atoms with van der Waals surface area (Å²) in [4.78, 5) is 3.83. The Hall–Kier alpha value is -1.49. The molecule has 0 saturated carbocycles. The van der Waals surface area contributed by atoms with Gasteiger partial charge in [-0.2, -0.15) is 9.57 Å². The lowest BCUT2D eigenvalue weighted by atomic mass is 10.1. The molecule has 1 aromatic rings. The summed E-state index contributed by atoms with van der Waals surface area (Å²) in [6.07, 6.45) is 2.92. The van der Waals surface area contributed by atoms with Gasteiger partial charge in [0.15, 0.2) is 5.03 Å². The van der Waals surface area contributed by atoms with E-state index in [-0.39, 0.29) is 23.2 Å². The predicted octanol–water partition coefficient (Wildman–Crippen LogP) is 0.0651. The average Bonchev–Trinajstić information content (AvgIpc) is 2.38. The Bertz CT molecular complexity index is 579. The van der Waals surface area contributed by atoms with E-state index >= 15 is 0 Å². The Morgan fingerprint density at radius 2 is 2.33 bits per heavy atom. The summed E-state index contributed by atoms with van der Waals surface area (Å²) in [5.74, 6) is 0. The minimum atomic E-state index is -3.72. The third-order valence-corrected chi connectivity index (χ3v) is 4.72. The van der Waals surface area contributed by atoms with E-state index in [0.29, 0.717) is 6.54 Å². The van der Waals surface area contributed by atoms with Crippen LogP contribution in [0.25, 0.3) is 0 Å². The summed E-state index contributed by atoms with van der Waals surface area (Å²) in [5.41, 5.74) is 5.85. The van der Waals surface area contributed by atoms with Gasteiger partial charge in [0.25, 0.3) is 10.0 Å². The first-order valence-electron chi connectivity index (χ1n) is 5.66. The third kappa shape index (κ3) is 2.36. The van der Waals surface area contributed by atoms with Crippen LogP contribution in [0, 0.1) is 11.3 Å². The monoisotopic (exact) mass is 266 g/mol. The number of nitrogens with zero attached hydrogens (tertiary/aromatic N) is 3. The molecule has 7 heteroatoms. The van der Waals surface area contributed by atoms with Crippen LogP contribution in [0.4, 0.5) is 0 Å². The minimum Gasteiger partial charge on any atom is -0.327 e. The first kappa shape index (κ1) is 13.0. The highest BCUT2D eigenvalue weighted by Crippen LogP contribution is 2.20. The number of nitrogens with two attached hydrogens (primary N) is 1. The van der Waals surface area contributed by atoms with Gasteiger partial charge in [-0.3, -0.25) is 0 Å². The molecule has 2 heterocycles. The quantitative estimate of drug-likeness (QED) is 0.816. The molecule has 6 nitrogen and oxygen atoms in total. The molecule has 0 unspecified atom stereocenters. The van der Waals surface area contributed by atoms with Crippen molar-refractivity contribution in [3.8, 4) is 6.07 Å². The molecule has 0 radical (unpaired) electrons. The van der Waals surface area contributed by atoms with E-state index in [1.54, 1.807) is 6.07 Å². The Balaban J connectivity index is 2.39. The molecular weight excluding hydrogens is 252 g/mol. The predicted molar refractivity (Wildman–Crippen MR) is 64.9 cm³/mol. The summed E-state index contributed by atoms with van der Waals surface area (Å²) in [5, 5.41) is 8.76. The lowest BCUT2D eigenvalue weighted by Crippen LogP contribution is -2.45. The van der Waals surface area contributed by atoms with Crippen molar-refractivity contribution in [2.24, 2.45) is 5.73 Å². The molecule has 1 atom stereocenters. The van der Waals surface area contributed by atoms with Crippen molar-refractivity contribution in [2.45, 2.75) is 23.9 Å². The number of piperidine rings is 1. The van der Waals surface area contributed by atoms with Crippen LogP contribution in [-0.2, 0) is 10.0 Å². The smallest absolute Gasteiger partial charge is 0.261 e. The van der Waals surface area contributed by atoms with Gasteiger partial charge in [0.2, 0.25) is 0 Å². The second-order valence-electron chi connectivity index (χ2n) is 4.23. The molecular formula is C11H14N4O2S. The fraction of sp³-hybridized carbons (Fsp3) is 0.455. The van der Waals surface area contributed by atoms with Crippen LogP contribution >= 0.6 is 0 Å². The maximum Gasteiger partial charge on any atom is 0.261 e. The first-order chi connectivity index (χ1) is 8.55. The topological polar surface area (TPSA) is 100 Å². The molecule has 0 aromatic carbocycles. The average molecular weight is 266 g/mol. The number of hydrogen-bond acceptors (Lipinski definition) is 5. The number of hydrogen-bond donors (Lipinski definition) is 1. The second kappa shape index (κ2) is 5.02. The number of rotatable bonds is 2. The van der Waals surface area contributed by atoms with Gasteiger partial charge in [0.05, 0.1) is 5.56 Å². The van der Waals surface area contributed by atoms with Gasteiger partial charge in [-0.1, -0.05) is 0 Å². The normalized spacial score (nSPS) is 21.4. The molecule has 1 aliphatic rings. The van der Waals surface area contributed by atoms with E-state index in [1.807, 2.05) is 6.07 Å². The van der Waals surface area contributed by atoms with Crippen molar-refractivity contribution < 1.29 is 8.42 Å². The van der Waals surface area contributed by atoms with Gasteiger partial charge in [-0.05, 0) is 25.0 Å². The van der Waals surface area contributed by atoms with E-state index in [9.17, 15) is 8.42 Å². The summed E-state index contributed by atoms with van der Waals surface area (Å²) >= 11 is 0. The van der Waals surface area contributed by atoms with Crippen LogP contribution in [0.1, 0.15) is 18.4 Å². The molecule has 18 heavy (non-hydrogen) atoms. The summed E-state index contributed by atoms with van der Waals surface area (Å²) in [7, 11) is -3.72. The van der Waals surface area contributed by atoms with E-state index in [0.717, 1.165) is 12.8 Å². The van der Waals surface area contributed by atoms with Crippen LogP contribution in [0.2, 0.25) is 0 Å². The van der Waals surface area contributed by atoms with Crippen LogP contribution < -0.4 is 5.73 Å². The fourth-order valence-corrected chi connectivity index (χ4v) is 3.58. The first-order valence-corrected chi connectivity index (χ1v) is 7.10. The SMILES string of the molecule is N#Cc1cccnc1S(=O)(=O)N1CCC[C@H](N)C1. The lowest BCUT2D eigenvalue weighted by molar-refractivity contribution is 0.315. The number of pyridine rings is 1. The molecule has 0 bridgehead atoms. The van der Waals surface area contributed by atoms with Gasteiger partial charge in [-0.25, -0.2) is 13.4 Å². The second-order valence-corrected chi connectivity index (χ2v) is 6.09. The lowest BCUT2D eigenvalue weighted by Gasteiger charge is -2.29. The maximum absolute atomic E-state index is 12.4. The van der Waals surface area contributed by atoms with E-state index in [1.165, 1.54) is 16.6 Å². The van der Waals surface area contributed by atoms with E-state index < -0.39 is 10.0 Å². The minimum absolute atomic E-state index is 0.0663. The van der Waals surface area contributed by atoms with Gasteiger partial charge in [0.1, 0.15) is 6.07 Å². The Kier molecular flexibility index (Phi) is 3.61. The number of sulfonamides is 1. The van der Waals surface area contributed by atoms with Crippen LogP contribution in [0.3, 0.4) is 0 Å². The highest BCUT2D eigenvalue weighted by Gasteiger charge is 2.31.